The molecule has 0 radical (unpaired) electrons. The molecule has 8 heteroatoms. The second kappa shape index (κ2) is 5.13. The van der Waals surface area contributed by atoms with Gasteiger partial charge < -0.3 is 20.2 Å². The zero-order valence-electron chi connectivity index (χ0n) is 11.2. The third-order valence-corrected chi connectivity index (χ3v) is 3.80. The van der Waals surface area contributed by atoms with Crippen LogP contribution in [0.15, 0.2) is 30.6 Å². The van der Waals surface area contributed by atoms with Crippen LogP contribution in [0, 0.1) is 0 Å². The highest BCUT2D eigenvalue weighted by Gasteiger charge is 2.40. The number of nitrogens with zero attached hydrogens (tertiary/aromatic N) is 1. The third-order valence-electron chi connectivity index (χ3n) is 3.80. The molecule has 2 aromatic rings. The number of alkyl halides is 3. The molecule has 1 aromatic heterocycles. The maximum absolute atomic E-state index is 13.2. The van der Waals surface area contributed by atoms with Crippen LogP contribution in [-0.2, 0) is 17.4 Å². The number of aromatic nitrogens is 2. The summed E-state index contributed by atoms with van der Waals surface area (Å²) in [7, 11) is 0. The van der Waals surface area contributed by atoms with Crippen molar-refractivity contribution in [1.29, 1.82) is 0 Å². The lowest BCUT2D eigenvalue weighted by Crippen LogP contribution is -2.95. The molecule has 116 valence electrons. The van der Waals surface area contributed by atoms with E-state index >= 15 is 0 Å². The van der Waals surface area contributed by atoms with Crippen molar-refractivity contribution in [1.82, 2.24) is 9.97 Å². The van der Waals surface area contributed by atoms with Crippen LogP contribution in [0.1, 0.15) is 28.6 Å². The summed E-state index contributed by atoms with van der Waals surface area (Å²) in [5, 5.41) is 12.5. The number of halogens is 3. The summed E-state index contributed by atoms with van der Waals surface area (Å²) in [6.45, 7) is 0. The van der Waals surface area contributed by atoms with E-state index in [1.165, 1.54) is 29.8 Å². The van der Waals surface area contributed by atoms with E-state index in [-0.39, 0.29) is 12.0 Å². The normalized spacial score (nSPS) is 21.4. The van der Waals surface area contributed by atoms with Crippen molar-refractivity contribution in [2.75, 3.05) is 0 Å². The lowest BCUT2D eigenvalue weighted by Gasteiger charge is -2.29. The molecular formula is C14H12F3N3O2. The van der Waals surface area contributed by atoms with Crippen LogP contribution in [0.5, 0.6) is 0 Å². The highest BCUT2D eigenvalue weighted by molar-refractivity contribution is 5.70. The van der Waals surface area contributed by atoms with Crippen molar-refractivity contribution in [2.24, 2.45) is 0 Å². The average Bonchev–Trinajstić information content (AvgIpc) is 2.93. The number of imidazole rings is 1. The Labute approximate surface area is 123 Å². The Morgan fingerprint density at radius 2 is 2.09 bits per heavy atom. The van der Waals surface area contributed by atoms with Gasteiger partial charge in [0.1, 0.15) is 11.7 Å². The maximum Gasteiger partial charge on any atom is 0.416 e. The second-order valence-electron chi connectivity index (χ2n) is 5.15. The highest BCUT2D eigenvalue weighted by Crippen LogP contribution is 2.36. The van der Waals surface area contributed by atoms with Crippen LogP contribution in [0.25, 0.3) is 0 Å². The van der Waals surface area contributed by atoms with Crippen molar-refractivity contribution < 1.29 is 28.4 Å². The van der Waals surface area contributed by atoms with Crippen molar-refractivity contribution in [2.45, 2.75) is 24.7 Å². The number of nitrogens with one attached hydrogen (secondary N) is 1. The number of carboxylic acids is 1. The third kappa shape index (κ3) is 2.45. The Morgan fingerprint density at radius 1 is 1.36 bits per heavy atom. The number of quaternary nitrogens is 1. The molecule has 2 unspecified atom stereocenters. The molecule has 0 fully saturated rings. The number of carboxylic acid groups (broad SMARTS) is 1. The van der Waals surface area contributed by atoms with Gasteiger partial charge in [-0.25, -0.2) is 4.98 Å². The number of rotatable bonds is 2. The summed E-state index contributed by atoms with van der Waals surface area (Å²) >= 11 is 0. The molecule has 0 aliphatic carbocycles. The molecule has 1 aliphatic rings. The fourth-order valence-electron chi connectivity index (χ4n) is 2.81. The number of carbonyl (C=O) groups is 1. The van der Waals surface area contributed by atoms with Crippen LogP contribution >= 0.6 is 0 Å². The number of benzene rings is 1. The molecule has 0 saturated heterocycles. The van der Waals surface area contributed by atoms with Gasteiger partial charge in [0.15, 0.2) is 6.04 Å². The number of hydrogen-bond acceptors (Lipinski definition) is 3. The molecule has 0 saturated carbocycles. The van der Waals surface area contributed by atoms with E-state index in [9.17, 15) is 23.1 Å². The molecule has 5 nitrogen and oxygen atoms in total. The summed E-state index contributed by atoms with van der Waals surface area (Å²) in [5.74, 6) is -1.31. The minimum atomic E-state index is -4.52. The van der Waals surface area contributed by atoms with Gasteiger partial charge in [-0.2, -0.15) is 13.2 Å². The Hall–Kier alpha value is -2.35. The van der Waals surface area contributed by atoms with Crippen molar-refractivity contribution in [3.63, 3.8) is 0 Å². The zero-order chi connectivity index (χ0) is 15.9. The van der Waals surface area contributed by atoms with E-state index in [0.717, 1.165) is 6.07 Å². The first-order valence-corrected chi connectivity index (χ1v) is 6.62. The molecule has 0 spiro atoms. The molecule has 3 N–H and O–H groups in total. The van der Waals surface area contributed by atoms with Crippen LogP contribution in [0.4, 0.5) is 13.2 Å². The van der Waals surface area contributed by atoms with Crippen LogP contribution in [0.3, 0.4) is 0 Å². The van der Waals surface area contributed by atoms with E-state index in [1.807, 2.05) is 0 Å². The largest absolute Gasteiger partial charge is 0.544 e. The lowest BCUT2D eigenvalue weighted by atomic mass is 9.91. The van der Waals surface area contributed by atoms with Crippen LogP contribution < -0.4 is 10.4 Å². The predicted molar refractivity (Wildman–Crippen MR) is 66.3 cm³/mol. The number of fused-ring (bicyclic) bond motifs is 1. The number of aliphatic carboxylic acids is 1. The summed E-state index contributed by atoms with van der Waals surface area (Å²) in [6.07, 6.45) is -3.02. The summed E-state index contributed by atoms with van der Waals surface area (Å²) in [5.41, 5.74) is 0.159. The number of nitrogens with two attached hydrogens (primary N) is 1. The Bertz CT molecular complexity index is 711. The first-order chi connectivity index (χ1) is 10.4. The van der Waals surface area contributed by atoms with E-state index in [4.69, 9.17) is 0 Å². The molecule has 0 amide bonds. The molecule has 3 rings (SSSR count). The molecule has 1 aromatic carbocycles. The van der Waals surface area contributed by atoms with E-state index in [2.05, 4.69) is 9.97 Å². The minimum absolute atomic E-state index is 0.00528. The van der Waals surface area contributed by atoms with E-state index < -0.39 is 29.8 Å². The number of H-pyrrole nitrogens is 1. The van der Waals surface area contributed by atoms with Crippen LogP contribution in [0.2, 0.25) is 0 Å². The molecule has 22 heavy (non-hydrogen) atoms. The molecule has 1 aliphatic heterocycles. The number of carbonyl (C=O) groups excluding carboxylic acids is 1. The first-order valence-electron chi connectivity index (χ1n) is 6.62. The van der Waals surface area contributed by atoms with Gasteiger partial charge in [-0.1, -0.05) is 18.2 Å². The van der Waals surface area contributed by atoms with Gasteiger partial charge in [-0.3, -0.25) is 0 Å². The van der Waals surface area contributed by atoms with Gasteiger partial charge in [0.2, 0.25) is 0 Å². The van der Waals surface area contributed by atoms with Crippen LogP contribution in [-0.4, -0.2) is 22.0 Å². The molecule has 2 atom stereocenters. The molecule has 0 bridgehead atoms. The summed E-state index contributed by atoms with van der Waals surface area (Å²) in [6, 6.07) is 3.33. The topological polar surface area (TPSA) is 85.4 Å². The maximum atomic E-state index is 13.2. The molecule has 2 heterocycles. The minimum Gasteiger partial charge on any atom is -0.544 e. The predicted octanol–water partition coefficient (Wildman–Crippen LogP) is -0.244. The van der Waals surface area contributed by atoms with Crippen molar-refractivity contribution in [3.05, 3.63) is 53.1 Å². The zero-order valence-corrected chi connectivity index (χ0v) is 11.2. The SMILES string of the molecule is O=C([O-])C1Cc2[nH]cnc2C(c2ccccc2C(F)(F)F)[NH2+]1. The number of aromatic amines is 1. The highest BCUT2D eigenvalue weighted by atomic mass is 19.4. The van der Waals surface area contributed by atoms with Gasteiger partial charge in [-0.05, 0) is 6.07 Å². The number of hydrogen-bond donors (Lipinski definition) is 2. The monoisotopic (exact) mass is 311 g/mol. The smallest absolute Gasteiger partial charge is 0.416 e. The van der Waals surface area contributed by atoms with Gasteiger partial charge in [0, 0.05) is 12.0 Å². The summed E-state index contributed by atoms with van der Waals surface area (Å²) < 4.78 is 39.6. The Morgan fingerprint density at radius 3 is 2.77 bits per heavy atom. The van der Waals surface area contributed by atoms with E-state index in [0.29, 0.717) is 11.4 Å². The Kier molecular flexibility index (Phi) is 3.40. The fraction of sp³-hybridized carbons (Fsp3) is 0.286. The first kappa shape index (κ1) is 14.6. The van der Waals surface area contributed by atoms with Gasteiger partial charge in [0.05, 0.1) is 23.6 Å². The van der Waals surface area contributed by atoms with Gasteiger partial charge >= 0.3 is 6.18 Å². The van der Waals surface area contributed by atoms with Gasteiger partial charge in [-0.15, -0.1) is 0 Å². The van der Waals surface area contributed by atoms with Crippen molar-refractivity contribution >= 4 is 5.97 Å². The Balaban J connectivity index is 2.11. The second-order valence-corrected chi connectivity index (χ2v) is 5.15. The summed E-state index contributed by atoms with van der Waals surface area (Å²) in [4.78, 5) is 18.0. The average molecular weight is 311 g/mol. The molecular weight excluding hydrogens is 299 g/mol. The standard InChI is InChI=1S/C14H12F3N3O2/c15-14(16,17)8-4-2-1-3-7(8)11-12-9(18-6-19-12)5-10(20-11)13(21)22/h1-4,6,10-11,20H,5H2,(H,18,19)(H,21,22). The quantitative estimate of drug-likeness (QED) is 0.802. The van der Waals surface area contributed by atoms with E-state index in [1.54, 1.807) is 0 Å². The fourth-order valence-corrected chi connectivity index (χ4v) is 2.81. The van der Waals surface area contributed by atoms with Crippen molar-refractivity contribution in [3.8, 4) is 0 Å². The van der Waals surface area contributed by atoms with Gasteiger partial charge in [0.25, 0.3) is 0 Å². The lowest BCUT2D eigenvalue weighted by molar-refractivity contribution is -0.717.